The number of fused-ring (bicyclic) bond motifs is 1. The fourth-order valence-electron chi connectivity index (χ4n) is 2.81. The number of ether oxygens (including phenoxy) is 3. The normalized spacial score (nSPS) is 14.8. The van der Waals surface area contributed by atoms with E-state index >= 15 is 0 Å². The maximum Gasteiger partial charge on any atom is 0.231 e. The van der Waals surface area contributed by atoms with E-state index in [0.717, 1.165) is 34.7 Å². The molecule has 2 aliphatic rings. The second-order valence-corrected chi connectivity index (χ2v) is 6.79. The topological polar surface area (TPSA) is 70.9 Å². The Morgan fingerprint density at radius 1 is 1.07 bits per heavy atom. The fraction of sp³-hybridized carbons (Fsp3) is 0.300. The predicted molar refractivity (Wildman–Crippen MR) is 104 cm³/mol. The van der Waals surface area contributed by atoms with Crippen LogP contribution in [0.15, 0.2) is 64.9 Å². The van der Waals surface area contributed by atoms with Crippen LogP contribution in [-0.4, -0.2) is 44.0 Å². The summed E-state index contributed by atoms with van der Waals surface area (Å²) in [6.07, 6.45) is 1.58. The highest BCUT2D eigenvalue weighted by atomic mass is 16.7. The lowest BCUT2D eigenvalue weighted by Crippen LogP contribution is -2.39. The van der Waals surface area contributed by atoms with Gasteiger partial charge in [-0.25, -0.2) is 5.43 Å². The average molecular weight is 381 g/mol. The van der Waals surface area contributed by atoms with Crippen molar-refractivity contribution in [2.45, 2.75) is 6.61 Å². The van der Waals surface area contributed by atoms with Gasteiger partial charge in [0.2, 0.25) is 12.7 Å². The Labute approximate surface area is 164 Å². The molecule has 0 spiro atoms. The Morgan fingerprint density at radius 3 is 2.68 bits per heavy atom. The summed E-state index contributed by atoms with van der Waals surface area (Å²) in [5, 5.41) is 9.66. The molecule has 2 aromatic rings. The van der Waals surface area contributed by atoms with Crippen LogP contribution in [0.5, 0.6) is 11.5 Å². The molecule has 0 bridgehead atoms. The Balaban J connectivity index is 1.32. The zero-order valence-electron chi connectivity index (χ0n) is 16.0. The van der Waals surface area contributed by atoms with Gasteiger partial charge in [0.25, 0.3) is 0 Å². The van der Waals surface area contributed by atoms with Crippen LogP contribution < -0.4 is 14.9 Å². The van der Waals surface area contributed by atoms with Crippen molar-refractivity contribution in [3.63, 3.8) is 0 Å². The molecular weight excluding hydrogens is 358 g/mol. The summed E-state index contributed by atoms with van der Waals surface area (Å²) in [5.41, 5.74) is 6.36. The maximum absolute atomic E-state index is 5.82. The number of rotatable bonds is 7. The number of likely N-dealkylation sites (N-methyl/N-ethyl adjacent to an activating group) is 1. The van der Waals surface area contributed by atoms with Crippen LogP contribution in [0.2, 0.25) is 0 Å². The highest BCUT2D eigenvalue weighted by Gasteiger charge is 2.14. The molecule has 146 valence electrons. The molecule has 28 heavy (non-hydrogen) atoms. The monoisotopic (exact) mass is 381 g/mol. The standard InChI is InChI=1S/C20H23N5O3/c1-24(2)9-10-25-22-20(12-21-23-25)26-13-15-3-5-16(6-4-15)17-7-8-18-19(11-17)28-14-27-18/h3-8,11-12,22H,9-10,13-14H2,1-2H3. The molecule has 2 heterocycles. The molecule has 2 aliphatic heterocycles. The van der Waals surface area contributed by atoms with Gasteiger partial charge in [0.15, 0.2) is 11.5 Å². The zero-order chi connectivity index (χ0) is 19.3. The van der Waals surface area contributed by atoms with Crippen LogP contribution in [0.1, 0.15) is 5.56 Å². The van der Waals surface area contributed by atoms with Gasteiger partial charge in [0.1, 0.15) is 12.8 Å². The van der Waals surface area contributed by atoms with Crippen molar-refractivity contribution in [1.29, 1.82) is 0 Å². The van der Waals surface area contributed by atoms with Gasteiger partial charge in [-0.3, -0.25) is 0 Å². The van der Waals surface area contributed by atoms with Gasteiger partial charge in [0, 0.05) is 6.54 Å². The SMILES string of the molecule is CN(C)CCN1N=NC=C(OCc2ccc(-c3ccc4c(c3)OCO4)cc2)N1. The first-order valence-corrected chi connectivity index (χ1v) is 9.09. The van der Waals surface area contributed by atoms with Gasteiger partial charge in [-0.1, -0.05) is 35.6 Å². The molecule has 8 nitrogen and oxygen atoms in total. The minimum atomic E-state index is 0.283. The van der Waals surface area contributed by atoms with Crippen molar-refractivity contribution in [2.75, 3.05) is 34.0 Å². The third-order valence-electron chi connectivity index (χ3n) is 4.39. The number of nitrogens with zero attached hydrogens (tertiary/aromatic N) is 4. The van der Waals surface area contributed by atoms with Crippen LogP contribution >= 0.6 is 0 Å². The van der Waals surface area contributed by atoms with Gasteiger partial charge in [0.05, 0.1) is 6.54 Å². The molecule has 0 saturated heterocycles. The van der Waals surface area contributed by atoms with E-state index in [1.807, 2.05) is 32.3 Å². The Kier molecular flexibility index (Phi) is 5.29. The number of nitrogens with one attached hydrogen (secondary N) is 1. The zero-order valence-corrected chi connectivity index (χ0v) is 16.0. The molecule has 0 radical (unpaired) electrons. The van der Waals surface area contributed by atoms with Crippen molar-refractivity contribution >= 4 is 0 Å². The lowest BCUT2D eigenvalue weighted by atomic mass is 10.0. The van der Waals surface area contributed by atoms with Gasteiger partial charge in [-0.2, -0.15) is 5.12 Å². The molecule has 0 unspecified atom stereocenters. The minimum Gasteiger partial charge on any atom is -0.472 e. The van der Waals surface area contributed by atoms with E-state index in [1.165, 1.54) is 0 Å². The molecule has 1 N–H and O–H groups in total. The number of hydrogen-bond acceptors (Lipinski definition) is 8. The van der Waals surface area contributed by atoms with E-state index in [4.69, 9.17) is 14.2 Å². The Morgan fingerprint density at radius 2 is 1.86 bits per heavy atom. The molecule has 0 aromatic heterocycles. The molecule has 2 aromatic carbocycles. The van der Waals surface area contributed by atoms with Crippen molar-refractivity contribution in [3.8, 4) is 22.6 Å². The quantitative estimate of drug-likeness (QED) is 0.795. The number of benzene rings is 2. The highest BCUT2D eigenvalue weighted by molar-refractivity contribution is 5.67. The van der Waals surface area contributed by atoms with Crippen molar-refractivity contribution in [2.24, 2.45) is 10.3 Å². The van der Waals surface area contributed by atoms with E-state index in [0.29, 0.717) is 19.0 Å². The predicted octanol–water partition coefficient (Wildman–Crippen LogP) is 3.15. The largest absolute Gasteiger partial charge is 0.472 e. The fourth-order valence-corrected chi connectivity index (χ4v) is 2.81. The van der Waals surface area contributed by atoms with Gasteiger partial charge in [-0.15, -0.1) is 5.11 Å². The van der Waals surface area contributed by atoms with E-state index in [-0.39, 0.29) is 6.79 Å². The number of hydrogen-bond donors (Lipinski definition) is 1. The summed E-state index contributed by atoms with van der Waals surface area (Å²) in [4.78, 5) is 2.08. The second-order valence-electron chi connectivity index (χ2n) is 6.79. The maximum atomic E-state index is 5.82. The molecular formula is C20H23N5O3. The van der Waals surface area contributed by atoms with E-state index in [1.54, 1.807) is 11.3 Å². The first-order chi connectivity index (χ1) is 13.7. The second kappa shape index (κ2) is 8.18. The Hall–Kier alpha value is -3.26. The van der Waals surface area contributed by atoms with Gasteiger partial charge >= 0.3 is 0 Å². The molecule has 0 aliphatic carbocycles. The summed E-state index contributed by atoms with van der Waals surface area (Å²) in [6.45, 7) is 2.30. The van der Waals surface area contributed by atoms with Gasteiger partial charge in [-0.05, 0) is 42.9 Å². The first kappa shape index (κ1) is 18.1. The lowest BCUT2D eigenvalue weighted by molar-refractivity contribution is 0.0869. The van der Waals surface area contributed by atoms with Crippen LogP contribution in [0.4, 0.5) is 0 Å². The third kappa shape index (κ3) is 4.34. The van der Waals surface area contributed by atoms with Crippen LogP contribution in [0, 0.1) is 0 Å². The van der Waals surface area contributed by atoms with E-state index in [2.05, 4.69) is 44.9 Å². The first-order valence-electron chi connectivity index (χ1n) is 9.09. The summed E-state index contributed by atoms with van der Waals surface area (Å²) in [7, 11) is 4.03. The van der Waals surface area contributed by atoms with Crippen LogP contribution in [0.25, 0.3) is 11.1 Å². The average Bonchev–Trinajstić information content (AvgIpc) is 3.19. The van der Waals surface area contributed by atoms with E-state index < -0.39 is 0 Å². The summed E-state index contributed by atoms with van der Waals surface area (Å²) < 4.78 is 16.6. The van der Waals surface area contributed by atoms with Crippen molar-refractivity contribution < 1.29 is 14.2 Å². The molecule has 0 saturated carbocycles. The van der Waals surface area contributed by atoms with Crippen LogP contribution in [0.3, 0.4) is 0 Å². The third-order valence-corrected chi connectivity index (χ3v) is 4.39. The molecule has 0 fully saturated rings. The molecule has 8 heteroatoms. The highest BCUT2D eigenvalue weighted by Crippen LogP contribution is 2.35. The number of hydrazine groups is 1. The van der Waals surface area contributed by atoms with Crippen LogP contribution in [-0.2, 0) is 11.3 Å². The van der Waals surface area contributed by atoms with Gasteiger partial charge < -0.3 is 19.1 Å². The smallest absolute Gasteiger partial charge is 0.231 e. The molecule has 0 amide bonds. The van der Waals surface area contributed by atoms with E-state index in [9.17, 15) is 0 Å². The summed E-state index contributed by atoms with van der Waals surface area (Å²) >= 11 is 0. The molecule has 0 atom stereocenters. The minimum absolute atomic E-state index is 0.283. The summed E-state index contributed by atoms with van der Waals surface area (Å²) in [6, 6.07) is 14.2. The lowest BCUT2D eigenvalue weighted by Gasteiger charge is -2.24. The van der Waals surface area contributed by atoms with Crippen molar-refractivity contribution in [3.05, 3.63) is 60.1 Å². The summed E-state index contributed by atoms with van der Waals surface area (Å²) in [5.74, 6) is 2.15. The molecule has 4 rings (SSSR count). The Bertz CT molecular complexity index is 880. The van der Waals surface area contributed by atoms with Crippen molar-refractivity contribution in [1.82, 2.24) is 15.4 Å².